The van der Waals surface area contributed by atoms with Crippen LogP contribution < -0.4 is 10.2 Å². The van der Waals surface area contributed by atoms with Crippen molar-refractivity contribution in [2.75, 3.05) is 31.1 Å². The van der Waals surface area contributed by atoms with E-state index < -0.39 is 0 Å². The zero-order valence-corrected chi connectivity index (χ0v) is 19.7. The maximum absolute atomic E-state index is 13.0. The first-order valence-corrected chi connectivity index (χ1v) is 12.5. The van der Waals surface area contributed by atoms with E-state index in [2.05, 4.69) is 55.4 Å². The number of carbonyl (C=O) groups excluding carboxylic acids is 1. The number of piperidine rings is 2. The minimum absolute atomic E-state index is 0.00586. The molecule has 5 rings (SSSR count). The summed E-state index contributed by atoms with van der Waals surface area (Å²) in [4.78, 5) is 26.8. The van der Waals surface area contributed by atoms with Gasteiger partial charge in [-0.2, -0.15) is 0 Å². The molecule has 0 radical (unpaired) electrons. The molecular formula is C28H33N5O. The van der Waals surface area contributed by atoms with Crippen molar-refractivity contribution < 1.29 is 4.79 Å². The molecule has 0 spiro atoms. The van der Waals surface area contributed by atoms with Gasteiger partial charge in [-0.25, -0.2) is 9.97 Å². The van der Waals surface area contributed by atoms with Crippen LogP contribution in [-0.2, 0) is 6.54 Å². The molecule has 3 aromatic rings. The van der Waals surface area contributed by atoms with Crippen molar-refractivity contribution >= 4 is 11.7 Å². The van der Waals surface area contributed by atoms with Crippen LogP contribution in [0.5, 0.6) is 0 Å². The van der Waals surface area contributed by atoms with Crippen LogP contribution in [0, 0.1) is 0 Å². The second-order valence-corrected chi connectivity index (χ2v) is 9.40. The van der Waals surface area contributed by atoms with Gasteiger partial charge in [0.15, 0.2) is 0 Å². The average Bonchev–Trinajstić information content (AvgIpc) is 2.91. The topological polar surface area (TPSA) is 61.4 Å². The molecule has 2 aliphatic heterocycles. The van der Waals surface area contributed by atoms with Crippen molar-refractivity contribution in [1.82, 2.24) is 20.2 Å². The van der Waals surface area contributed by atoms with Gasteiger partial charge in [-0.05, 0) is 49.8 Å². The van der Waals surface area contributed by atoms with Crippen molar-refractivity contribution in [2.45, 2.75) is 44.7 Å². The summed E-state index contributed by atoms with van der Waals surface area (Å²) in [7, 11) is 0. The Morgan fingerprint density at radius 3 is 2.47 bits per heavy atom. The minimum atomic E-state index is -0.00586. The predicted octanol–water partition coefficient (Wildman–Crippen LogP) is 4.53. The number of anilines is 1. The third-order valence-electron chi connectivity index (χ3n) is 6.93. The highest BCUT2D eigenvalue weighted by molar-refractivity contribution is 5.95. The fourth-order valence-electron chi connectivity index (χ4n) is 4.97. The fraction of sp³-hybridized carbons (Fsp3) is 0.393. The Balaban J connectivity index is 1.19. The molecule has 0 bridgehead atoms. The van der Waals surface area contributed by atoms with Crippen LogP contribution in [0.3, 0.4) is 0 Å². The molecular weight excluding hydrogens is 422 g/mol. The van der Waals surface area contributed by atoms with Crippen molar-refractivity contribution in [2.24, 2.45) is 0 Å². The lowest BCUT2D eigenvalue weighted by Crippen LogP contribution is -2.44. The minimum Gasteiger partial charge on any atom is -0.357 e. The van der Waals surface area contributed by atoms with E-state index in [1.54, 1.807) is 6.33 Å². The number of hydrogen-bond acceptors (Lipinski definition) is 5. The van der Waals surface area contributed by atoms with Gasteiger partial charge >= 0.3 is 0 Å². The molecule has 176 valence electrons. The van der Waals surface area contributed by atoms with Gasteiger partial charge in [0.25, 0.3) is 5.91 Å². The molecule has 0 aliphatic carbocycles. The Morgan fingerprint density at radius 1 is 0.882 bits per heavy atom. The molecule has 34 heavy (non-hydrogen) atoms. The number of hydrogen-bond donors (Lipinski definition) is 1. The molecule has 3 heterocycles. The summed E-state index contributed by atoms with van der Waals surface area (Å²) >= 11 is 0. The second-order valence-electron chi connectivity index (χ2n) is 9.40. The lowest BCUT2D eigenvalue weighted by Gasteiger charge is -2.32. The number of aromatic nitrogens is 2. The van der Waals surface area contributed by atoms with Gasteiger partial charge in [0.2, 0.25) is 0 Å². The van der Waals surface area contributed by atoms with Crippen LogP contribution in [0.1, 0.15) is 48.0 Å². The summed E-state index contributed by atoms with van der Waals surface area (Å²) in [5, 5.41) is 3.25. The summed E-state index contributed by atoms with van der Waals surface area (Å²) in [6.45, 7) is 5.06. The molecule has 2 aromatic carbocycles. The molecule has 0 atom stereocenters. The number of nitrogens with one attached hydrogen (secondary N) is 1. The highest BCUT2D eigenvalue weighted by Crippen LogP contribution is 2.24. The number of rotatable bonds is 6. The van der Waals surface area contributed by atoms with Gasteiger partial charge in [0.1, 0.15) is 12.1 Å². The normalized spacial score (nSPS) is 17.5. The quantitative estimate of drug-likeness (QED) is 0.592. The first-order valence-electron chi connectivity index (χ1n) is 12.5. The number of benzene rings is 2. The Labute approximate surface area is 202 Å². The smallest absolute Gasteiger partial charge is 0.251 e. The van der Waals surface area contributed by atoms with Gasteiger partial charge in [-0.15, -0.1) is 0 Å². The molecule has 0 saturated carbocycles. The largest absolute Gasteiger partial charge is 0.357 e. The fourth-order valence-corrected chi connectivity index (χ4v) is 4.97. The predicted molar refractivity (Wildman–Crippen MR) is 136 cm³/mol. The lowest BCUT2D eigenvalue weighted by atomic mass is 10.0. The highest BCUT2D eigenvalue weighted by atomic mass is 16.1. The van der Waals surface area contributed by atoms with E-state index >= 15 is 0 Å². The van der Waals surface area contributed by atoms with E-state index in [1.165, 1.54) is 24.8 Å². The van der Waals surface area contributed by atoms with Crippen molar-refractivity contribution in [3.05, 3.63) is 78.1 Å². The summed E-state index contributed by atoms with van der Waals surface area (Å²) in [6.07, 6.45) is 7.29. The number of likely N-dealkylation sites (tertiary alicyclic amines) is 1. The number of nitrogens with zero attached hydrogens (tertiary/aromatic N) is 4. The summed E-state index contributed by atoms with van der Waals surface area (Å²) in [5.41, 5.74) is 3.84. The zero-order valence-electron chi connectivity index (χ0n) is 19.7. The van der Waals surface area contributed by atoms with Gasteiger partial charge in [0.05, 0.1) is 5.69 Å². The average molecular weight is 456 g/mol. The van der Waals surface area contributed by atoms with Crippen LogP contribution in [0.25, 0.3) is 11.3 Å². The zero-order chi connectivity index (χ0) is 23.2. The molecule has 0 unspecified atom stereocenters. The summed E-state index contributed by atoms with van der Waals surface area (Å²) < 4.78 is 0. The SMILES string of the molecule is O=C(NC1CCN(Cc2ccccc2)CC1)c1cccc(-c2cc(N3CCCCC3)ncn2)c1. The van der Waals surface area contributed by atoms with E-state index in [9.17, 15) is 4.79 Å². The van der Waals surface area contributed by atoms with E-state index in [4.69, 9.17) is 0 Å². The molecule has 1 amide bonds. The highest BCUT2D eigenvalue weighted by Gasteiger charge is 2.21. The van der Waals surface area contributed by atoms with E-state index in [1.807, 2.05) is 30.3 Å². The van der Waals surface area contributed by atoms with Crippen LogP contribution >= 0.6 is 0 Å². The van der Waals surface area contributed by atoms with E-state index in [-0.39, 0.29) is 11.9 Å². The second kappa shape index (κ2) is 10.8. The molecule has 2 saturated heterocycles. The molecule has 2 fully saturated rings. The maximum atomic E-state index is 13.0. The van der Waals surface area contributed by atoms with Gasteiger partial charge in [-0.1, -0.05) is 42.5 Å². The Kier molecular flexibility index (Phi) is 7.15. The summed E-state index contributed by atoms with van der Waals surface area (Å²) in [6, 6.07) is 20.6. The molecule has 1 aromatic heterocycles. The Morgan fingerprint density at radius 2 is 1.68 bits per heavy atom. The standard InChI is InChI=1S/C28H33N5O/c34-28(31-25-12-16-32(17-13-25)20-22-8-3-1-4-9-22)24-11-7-10-23(18-24)26-19-27(30-21-29-26)33-14-5-2-6-15-33/h1,3-4,7-11,18-19,21,25H,2,5-6,12-17,20H2,(H,31,34). The summed E-state index contributed by atoms with van der Waals surface area (Å²) in [5.74, 6) is 0.968. The van der Waals surface area contributed by atoms with Crippen molar-refractivity contribution in [3.63, 3.8) is 0 Å². The first-order chi connectivity index (χ1) is 16.7. The third-order valence-corrected chi connectivity index (χ3v) is 6.93. The number of amides is 1. The van der Waals surface area contributed by atoms with Gasteiger partial charge in [-0.3, -0.25) is 9.69 Å². The van der Waals surface area contributed by atoms with Gasteiger partial charge in [0, 0.05) is 56.0 Å². The van der Waals surface area contributed by atoms with Crippen molar-refractivity contribution in [3.8, 4) is 11.3 Å². The first kappa shape index (κ1) is 22.5. The van der Waals surface area contributed by atoms with Crippen LogP contribution in [0.4, 0.5) is 5.82 Å². The monoisotopic (exact) mass is 455 g/mol. The van der Waals surface area contributed by atoms with E-state index in [0.717, 1.165) is 62.6 Å². The maximum Gasteiger partial charge on any atom is 0.251 e. The van der Waals surface area contributed by atoms with Crippen LogP contribution in [-0.4, -0.2) is 53.0 Å². The number of carbonyl (C=O) groups is 1. The van der Waals surface area contributed by atoms with Crippen LogP contribution in [0.15, 0.2) is 67.0 Å². The lowest BCUT2D eigenvalue weighted by molar-refractivity contribution is 0.0909. The molecule has 6 nitrogen and oxygen atoms in total. The Hall–Kier alpha value is -3.25. The van der Waals surface area contributed by atoms with Crippen molar-refractivity contribution in [1.29, 1.82) is 0 Å². The molecule has 2 aliphatic rings. The molecule has 6 heteroatoms. The molecule has 1 N–H and O–H groups in total. The van der Waals surface area contributed by atoms with Crippen LogP contribution in [0.2, 0.25) is 0 Å². The Bertz CT molecular complexity index is 1090. The van der Waals surface area contributed by atoms with Gasteiger partial charge < -0.3 is 10.2 Å². The van der Waals surface area contributed by atoms with E-state index in [0.29, 0.717) is 5.56 Å². The third kappa shape index (κ3) is 5.62.